The van der Waals surface area contributed by atoms with Gasteiger partial charge in [0, 0.05) is 6.42 Å². The average Bonchev–Trinajstić information content (AvgIpc) is 3.05. The summed E-state index contributed by atoms with van der Waals surface area (Å²) in [7, 11) is 0. The van der Waals surface area contributed by atoms with Crippen LogP contribution in [0.1, 0.15) is 26.7 Å². The van der Waals surface area contributed by atoms with E-state index in [4.69, 9.17) is 53.8 Å². The fraction of sp³-hybridized carbons (Fsp3) is 0.846. The Labute approximate surface area is 143 Å². The number of ether oxygens (including phenoxy) is 4. The van der Waals surface area contributed by atoms with Crippen molar-refractivity contribution in [2.75, 3.05) is 6.61 Å². The largest absolute Gasteiger partial charge is 0.469 e. The molecule has 4 atom stereocenters. The van der Waals surface area contributed by atoms with E-state index < -0.39 is 27.8 Å². The fourth-order valence-corrected chi connectivity index (χ4v) is 3.11. The first-order valence-corrected chi connectivity index (χ1v) is 8.12. The SMILES string of the molecule is CC1(C)OC[C@H]([C@H]2OC(C(Cl)(Cl)Cl)=N[C@@H]2[C@H]2CCC(=O)O2)O1. The maximum Gasteiger partial charge on any atom is 0.306 e. The predicted octanol–water partition coefficient (Wildman–Crippen LogP) is 2.38. The minimum atomic E-state index is -1.77. The lowest BCUT2D eigenvalue weighted by molar-refractivity contribution is -0.154. The van der Waals surface area contributed by atoms with Crippen LogP contribution in [0.5, 0.6) is 0 Å². The highest BCUT2D eigenvalue weighted by Crippen LogP contribution is 2.39. The zero-order valence-corrected chi connectivity index (χ0v) is 14.3. The lowest BCUT2D eigenvalue weighted by Gasteiger charge is -2.26. The van der Waals surface area contributed by atoms with Gasteiger partial charge in [0.1, 0.15) is 18.2 Å². The maximum atomic E-state index is 11.4. The Hall–Kier alpha value is -0.270. The van der Waals surface area contributed by atoms with Crippen LogP contribution in [0.4, 0.5) is 0 Å². The van der Waals surface area contributed by atoms with Gasteiger partial charge in [0.05, 0.1) is 6.61 Å². The molecule has 0 bridgehead atoms. The molecule has 3 aliphatic rings. The summed E-state index contributed by atoms with van der Waals surface area (Å²) in [5, 5.41) is 0. The molecule has 0 spiro atoms. The van der Waals surface area contributed by atoms with Crippen LogP contribution in [0.2, 0.25) is 0 Å². The van der Waals surface area contributed by atoms with Crippen LogP contribution >= 0.6 is 34.8 Å². The normalized spacial score (nSPS) is 37.9. The number of carbonyl (C=O) groups excluding carboxylic acids is 1. The van der Waals surface area contributed by atoms with Crippen molar-refractivity contribution in [3.05, 3.63) is 0 Å². The lowest BCUT2D eigenvalue weighted by atomic mass is 9.99. The quantitative estimate of drug-likeness (QED) is 0.550. The Morgan fingerprint density at radius 1 is 1.23 bits per heavy atom. The Balaban J connectivity index is 1.81. The van der Waals surface area contributed by atoms with Crippen LogP contribution < -0.4 is 0 Å². The summed E-state index contributed by atoms with van der Waals surface area (Å²) in [4.78, 5) is 15.7. The van der Waals surface area contributed by atoms with Gasteiger partial charge in [-0.3, -0.25) is 4.79 Å². The molecule has 0 aromatic heterocycles. The van der Waals surface area contributed by atoms with Crippen molar-refractivity contribution in [3.63, 3.8) is 0 Å². The van der Waals surface area contributed by atoms with E-state index in [1.807, 2.05) is 13.8 Å². The Morgan fingerprint density at radius 2 is 1.95 bits per heavy atom. The van der Waals surface area contributed by atoms with Crippen molar-refractivity contribution in [3.8, 4) is 0 Å². The molecule has 0 aromatic carbocycles. The van der Waals surface area contributed by atoms with Crippen LogP contribution in [-0.4, -0.2) is 52.4 Å². The van der Waals surface area contributed by atoms with Crippen LogP contribution in [0, 0.1) is 0 Å². The number of esters is 1. The van der Waals surface area contributed by atoms with E-state index in [9.17, 15) is 4.79 Å². The van der Waals surface area contributed by atoms with Gasteiger partial charge in [-0.1, -0.05) is 34.8 Å². The Kier molecular flexibility index (Phi) is 4.27. The van der Waals surface area contributed by atoms with Crippen molar-refractivity contribution >= 4 is 46.7 Å². The molecule has 0 amide bonds. The number of nitrogens with zero attached hydrogens (tertiary/aromatic N) is 1. The number of alkyl halides is 3. The summed E-state index contributed by atoms with van der Waals surface area (Å²) in [5.41, 5.74) is 0. The van der Waals surface area contributed by atoms with E-state index in [0.717, 1.165) is 0 Å². The second-order valence-electron chi connectivity index (χ2n) is 5.94. The maximum absolute atomic E-state index is 11.4. The highest BCUT2D eigenvalue weighted by atomic mass is 35.6. The first-order chi connectivity index (χ1) is 10.2. The van der Waals surface area contributed by atoms with Crippen LogP contribution in [-0.2, 0) is 23.7 Å². The number of hydrogen-bond acceptors (Lipinski definition) is 6. The zero-order valence-electron chi connectivity index (χ0n) is 12.1. The van der Waals surface area contributed by atoms with Gasteiger partial charge in [-0.05, 0) is 20.3 Å². The Bertz CT molecular complexity index is 504. The van der Waals surface area contributed by atoms with Gasteiger partial charge < -0.3 is 18.9 Å². The molecule has 124 valence electrons. The van der Waals surface area contributed by atoms with Crippen molar-refractivity contribution in [2.45, 2.75) is 60.6 Å². The minimum absolute atomic E-state index is 0.0104. The zero-order chi connectivity index (χ0) is 16.1. The summed E-state index contributed by atoms with van der Waals surface area (Å²) in [6.07, 6.45) is -0.414. The van der Waals surface area contributed by atoms with Gasteiger partial charge in [0.25, 0.3) is 3.79 Å². The molecule has 3 rings (SSSR count). The summed E-state index contributed by atoms with van der Waals surface area (Å²) in [5.74, 6) is -0.984. The van der Waals surface area contributed by atoms with E-state index in [-0.39, 0.29) is 18.0 Å². The van der Waals surface area contributed by atoms with Gasteiger partial charge in [-0.25, -0.2) is 4.99 Å². The van der Waals surface area contributed by atoms with Gasteiger partial charge in [0.15, 0.2) is 11.9 Å². The number of halogens is 3. The molecule has 0 saturated carbocycles. The molecule has 9 heteroatoms. The molecule has 0 aromatic rings. The topological polar surface area (TPSA) is 66.4 Å². The van der Waals surface area contributed by atoms with E-state index in [0.29, 0.717) is 19.4 Å². The van der Waals surface area contributed by atoms with Crippen LogP contribution in [0.3, 0.4) is 0 Å². The highest BCUT2D eigenvalue weighted by molar-refractivity contribution is 6.76. The highest BCUT2D eigenvalue weighted by Gasteiger charge is 2.52. The molecule has 22 heavy (non-hydrogen) atoms. The molecule has 3 aliphatic heterocycles. The number of carbonyl (C=O) groups is 1. The van der Waals surface area contributed by atoms with Gasteiger partial charge >= 0.3 is 5.97 Å². The van der Waals surface area contributed by atoms with E-state index in [2.05, 4.69) is 4.99 Å². The van der Waals surface area contributed by atoms with E-state index >= 15 is 0 Å². The molecular weight excluding hydrogens is 357 g/mol. The minimum Gasteiger partial charge on any atom is -0.469 e. The van der Waals surface area contributed by atoms with Crippen molar-refractivity contribution in [2.24, 2.45) is 4.99 Å². The average molecular weight is 373 g/mol. The first kappa shape index (κ1) is 16.6. The smallest absolute Gasteiger partial charge is 0.306 e. The Morgan fingerprint density at radius 3 is 2.45 bits per heavy atom. The summed E-state index contributed by atoms with van der Waals surface area (Å²) in [6.45, 7) is 3.95. The number of aliphatic imine (C=N–C) groups is 1. The number of cyclic esters (lactones) is 1. The summed E-state index contributed by atoms with van der Waals surface area (Å²) in [6, 6.07) is -0.473. The summed E-state index contributed by atoms with van der Waals surface area (Å²) < 4.78 is 20.6. The molecule has 2 fully saturated rings. The number of rotatable bonds is 2. The van der Waals surface area contributed by atoms with Gasteiger partial charge in [0.2, 0.25) is 5.90 Å². The van der Waals surface area contributed by atoms with Crippen molar-refractivity contribution in [1.82, 2.24) is 0 Å². The lowest BCUT2D eigenvalue weighted by Crippen LogP contribution is -2.44. The van der Waals surface area contributed by atoms with Crippen molar-refractivity contribution < 1.29 is 23.7 Å². The third-order valence-corrected chi connectivity index (χ3v) is 4.27. The van der Waals surface area contributed by atoms with Gasteiger partial charge in [-0.15, -0.1) is 0 Å². The van der Waals surface area contributed by atoms with Crippen LogP contribution in [0.15, 0.2) is 4.99 Å². The van der Waals surface area contributed by atoms with E-state index in [1.165, 1.54) is 0 Å². The second kappa shape index (κ2) is 5.67. The van der Waals surface area contributed by atoms with Crippen LogP contribution in [0.25, 0.3) is 0 Å². The molecule has 2 saturated heterocycles. The molecule has 0 aliphatic carbocycles. The monoisotopic (exact) mass is 371 g/mol. The summed E-state index contributed by atoms with van der Waals surface area (Å²) >= 11 is 17.6. The molecular formula is C13H16Cl3NO5. The molecule has 0 N–H and O–H groups in total. The van der Waals surface area contributed by atoms with Gasteiger partial charge in [-0.2, -0.15) is 0 Å². The second-order valence-corrected chi connectivity index (χ2v) is 8.22. The fourth-order valence-electron chi connectivity index (χ4n) is 2.83. The molecule has 6 nitrogen and oxygen atoms in total. The standard InChI is InChI=1S/C13H16Cl3NO5/c1-12(2)19-5-7(22-12)10-9(6-3-4-8(18)20-6)17-11(21-10)13(14,15)16/h6-7,9-10H,3-5H2,1-2H3/t6-,7-,9-,10-/m1/s1. The van der Waals surface area contributed by atoms with E-state index in [1.54, 1.807) is 0 Å². The van der Waals surface area contributed by atoms with Crippen molar-refractivity contribution in [1.29, 1.82) is 0 Å². The molecule has 0 radical (unpaired) electrons. The third-order valence-electron chi connectivity index (χ3n) is 3.79. The predicted molar refractivity (Wildman–Crippen MR) is 80.4 cm³/mol. The molecule has 0 unspecified atom stereocenters. The first-order valence-electron chi connectivity index (χ1n) is 6.99. The number of hydrogen-bond donors (Lipinski definition) is 0. The molecule has 3 heterocycles. The third kappa shape index (κ3) is 3.31.